The first-order valence-electron chi connectivity index (χ1n) is 2.09. The molecule has 0 aromatic carbocycles. The van der Waals surface area contributed by atoms with E-state index in [9.17, 15) is 4.39 Å². The molecular weight excluding hydrogens is 93.1 g/mol. The van der Waals surface area contributed by atoms with Gasteiger partial charge in [-0.25, -0.2) is 4.39 Å². The van der Waals surface area contributed by atoms with E-state index in [1.807, 2.05) is 0 Å². The summed E-state index contributed by atoms with van der Waals surface area (Å²) < 4.78 is 11.9. The average Bonchev–Trinajstić information content (AvgIpc) is 1.65. The predicted molar refractivity (Wildman–Crippen MR) is 23.2 cm³/mol. The number of rotatable bonds is 0. The van der Waals surface area contributed by atoms with Crippen molar-refractivity contribution in [3.63, 3.8) is 0 Å². The van der Waals surface area contributed by atoms with Crippen LogP contribution in [0, 0.1) is 11.3 Å². The van der Waals surface area contributed by atoms with Crippen molar-refractivity contribution < 1.29 is 4.39 Å². The number of nitriles is 1. The van der Waals surface area contributed by atoms with Crippen molar-refractivity contribution in [2.45, 2.75) is 12.6 Å². The lowest BCUT2D eigenvalue weighted by molar-refractivity contribution is 0.365. The lowest BCUT2D eigenvalue weighted by Crippen LogP contribution is -2.10. The van der Waals surface area contributed by atoms with Gasteiger partial charge in [0.15, 0.2) is 0 Å². The SMILES string of the molecule is N#CC1=CCC1F. The van der Waals surface area contributed by atoms with Crippen LogP contribution in [-0.2, 0) is 0 Å². The summed E-state index contributed by atoms with van der Waals surface area (Å²) in [4.78, 5) is 0. The Labute approximate surface area is 41.1 Å². The van der Waals surface area contributed by atoms with Gasteiger partial charge in [0.05, 0.1) is 11.6 Å². The summed E-state index contributed by atoms with van der Waals surface area (Å²) in [7, 11) is 0. The number of hydrogen-bond donors (Lipinski definition) is 0. The molecule has 0 heterocycles. The van der Waals surface area contributed by atoms with Gasteiger partial charge in [-0.1, -0.05) is 6.08 Å². The van der Waals surface area contributed by atoms with Crippen molar-refractivity contribution in [3.8, 4) is 6.07 Å². The first-order valence-corrected chi connectivity index (χ1v) is 2.09. The van der Waals surface area contributed by atoms with E-state index >= 15 is 0 Å². The zero-order valence-electron chi connectivity index (χ0n) is 3.69. The molecular formula is C5H4FN. The van der Waals surface area contributed by atoms with Crippen LogP contribution in [0.1, 0.15) is 6.42 Å². The molecule has 36 valence electrons. The number of halogens is 1. The molecule has 1 rings (SSSR count). The summed E-state index contributed by atoms with van der Waals surface area (Å²) >= 11 is 0. The minimum absolute atomic E-state index is 0.292. The lowest BCUT2D eigenvalue weighted by Gasteiger charge is -2.10. The van der Waals surface area contributed by atoms with Gasteiger partial charge in [-0.2, -0.15) is 5.26 Å². The van der Waals surface area contributed by atoms with Crippen LogP contribution in [0.25, 0.3) is 0 Å². The van der Waals surface area contributed by atoms with Crippen LogP contribution < -0.4 is 0 Å². The number of hydrogen-bond acceptors (Lipinski definition) is 1. The van der Waals surface area contributed by atoms with E-state index in [1.54, 1.807) is 12.1 Å². The minimum Gasteiger partial charge on any atom is -0.241 e. The van der Waals surface area contributed by atoms with Gasteiger partial charge in [-0.3, -0.25) is 0 Å². The summed E-state index contributed by atoms with van der Waals surface area (Å²) in [5.41, 5.74) is 0.292. The number of nitrogens with zero attached hydrogens (tertiary/aromatic N) is 1. The molecule has 0 spiro atoms. The molecule has 7 heavy (non-hydrogen) atoms. The second kappa shape index (κ2) is 1.34. The number of alkyl halides is 1. The summed E-state index contributed by atoms with van der Waals surface area (Å²) in [6.07, 6.45) is 1.08. The monoisotopic (exact) mass is 97.0 g/mol. The van der Waals surface area contributed by atoms with Gasteiger partial charge in [-0.05, 0) is 0 Å². The van der Waals surface area contributed by atoms with E-state index in [0.29, 0.717) is 12.0 Å². The van der Waals surface area contributed by atoms with E-state index in [1.165, 1.54) is 0 Å². The van der Waals surface area contributed by atoms with Crippen LogP contribution in [0.2, 0.25) is 0 Å². The van der Waals surface area contributed by atoms with Crippen LogP contribution >= 0.6 is 0 Å². The fourth-order valence-corrected chi connectivity index (χ4v) is 0.440. The van der Waals surface area contributed by atoms with Gasteiger partial charge in [0.1, 0.15) is 6.17 Å². The predicted octanol–water partition coefficient (Wildman–Crippen LogP) is 1.18. The second-order valence-corrected chi connectivity index (χ2v) is 1.47. The summed E-state index contributed by atoms with van der Waals surface area (Å²) in [5, 5.41) is 8.00. The Bertz CT molecular complexity index is 143. The third-order valence-electron chi connectivity index (χ3n) is 1.01. The Kier molecular flexibility index (Phi) is 0.828. The van der Waals surface area contributed by atoms with Gasteiger partial charge in [-0.15, -0.1) is 0 Å². The molecule has 1 nitrogen and oxygen atoms in total. The van der Waals surface area contributed by atoms with Crippen LogP contribution in [-0.4, -0.2) is 6.17 Å². The quantitative estimate of drug-likeness (QED) is 0.445. The van der Waals surface area contributed by atoms with E-state index in [-0.39, 0.29) is 0 Å². The lowest BCUT2D eigenvalue weighted by atomic mass is 9.98. The first-order chi connectivity index (χ1) is 3.34. The fraction of sp³-hybridized carbons (Fsp3) is 0.400. The summed E-state index contributed by atoms with van der Waals surface area (Å²) in [5.74, 6) is 0. The minimum atomic E-state index is -0.954. The van der Waals surface area contributed by atoms with Gasteiger partial charge < -0.3 is 0 Å². The molecule has 0 bridgehead atoms. The maximum atomic E-state index is 11.9. The molecule has 1 aliphatic rings. The van der Waals surface area contributed by atoms with Gasteiger partial charge in [0.25, 0.3) is 0 Å². The zero-order chi connectivity index (χ0) is 5.28. The molecule has 2 heteroatoms. The topological polar surface area (TPSA) is 23.8 Å². The van der Waals surface area contributed by atoms with Crippen LogP contribution in [0.15, 0.2) is 11.6 Å². The van der Waals surface area contributed by atoms with Crippen molar-refractivity contribution in [1.29, 1.82) is 5.26 Å². The molecule has 1 aliphatic carbocycles. The second-order valence-electron chi connectivity index (χ2n) is 1.47. The molecule has 1 atom stereocenters. The van der Waals surface area contributed by atoms with Crippen molar-refractivity contribution in [1.82, 2.24) is 0 Å². The molecule has 0 aromatic rings. The van der Waals surface area contributed by atoms with Gasteiger partial charge in [0.2, 0.25) is 0 Å². The van der Waals surface area contributed by atoms with E-state index in [4.69, 9.17) is 5.26 Å². The molecule has 0 aliphatic heterocycles. The van der Waals surface area contributed by atoms with Gasteiger partial charge >= 0.3 is 0 Å². The zero-order valence-corrected chi connectivity index (χ0v) is 3.69. The Hall–Kier alpha value is -0.840. The third kappa shape index (κ3) is 0.499. The first kappa shape index (κ1) is 4.32. The smallest absolute Gasteiger partial charge is 0.138 e. The Balaban J connectivity index is 2.62. The fourth-order valence-electron chi connectivity index (χ4n) is 0.440. The number of allylic oxidation sites excluding steroid dienone is 2. The molecule has 0 fully saturated rings. The van der Waals surface area contributed by atoms with E-state index < -0.39 is 6.17 Å². The van der Waals surface area contributed by atoms with Crippen molar-refractivity contribution in [3.05, 3.63) is 11.6 Å². The summed E-state index contributed by atoms with van der Waals surface area (Å²) in [6.45, 7) is 0. The molecule has 1 unspecified atom stereocenters. The Morgan fingerprint density at radius 1 is 2.00 bits per heavy atom. The molecule has 0 aromatic heterocycles. The average molecular weight is 97.1 g/mol. The molecule has 0 saturated carbocycles. The third-order valence-corrected chi connectivity index (χ3v) is 1.01. The highest BCUT2D eigenvalue weighted by Crippen LogP contribution is 2.20. The molecule has 0 radical (unpaired) electrons. The van der Waals surface area contributed by atoms with Gasteiger partial charge in [0, 0.05) is 6.42 Å². The highest BCUT2D eigenvalue weighted by atomic mass is 19.1. The molecule has 0 N–H and O–H groups in total. The molecule has 0 saturated heterocycles. The van der Waals surface area contributed by atoms with Crippen molar-refractivity contribution in [2.24, 2.45) is 0 Å². The van der Waals surface area contributed by atoms with Crippen LogP contribution in [0.5, 0.6) is 0 Å². The van der Waals surface area contributed by atoms with E-state index in [2.05, 4.69) is 0 Å². The van der Waals surface area contributed by atoms with E-state index in [0.717, 1.165) is 0 Å². The Morgan fingerprint density at radius 3 is 2.71 bits per heavy atom. The highest BCUT2D eigenvalue weighted by Gasteiger charge is 2.18. The largest absolute Gasteiger partial charge is 0.241 e. The van der Waals surface area contributed by atoms with Crippen LogP contribution in [0.3, 0.4) is 0 Å². The standard InChI is InChI=1S/C5H4FN/c6-5-2-1-4(5)3-7/h1,5H,2H2. The van der Waals surface area contributed by atoms with Crippen molar-refractivity contribution >= 4 is 0 Å². The summed E-state index contributed by atoms with van der Waals surface area (Å²) in [6, 6.07) is 1.74. The van der Waals surface area contributed by atoms with Crippen LogP contribution in [0.4, 0.5) is 4.39 Å². The normalized spacial score (nSPS) is 27.4. The van der Waals surface area contributed by atoms with Crippen molar-refractivity contribution in [2.75, 3.05) is 0 Å². The highest BCUT2D eigenvalue weighted by molar-refractivity contribution is 5.32. The maximum Gasteiger partial charge on any atom is 0.138 e. The maximum absolute atomic E-state index is 11.9. The molecule has 0 amide bonds. The Morgan fingerprint density at radius 2 is 2.71 bits per heavy atom.